The second kappa shape index (κ2) is 10.7. The average Bonchev–Trinajstić information content (AvgIpc) is 3.64. The number of nitrogens with one attached hydrogen (secondary N) is 2. The quantitative estimate of drug-likeness (QED) is 0.198. The fourth-order valence-electron chi connectivity index (χ4n) is 2.99. The number of thiophene rings is 2. The third kappa shape index (κ3) is 5.72. The highest BCUT2D eigenvalue weighted by atomic mass is 79.9. The number of rotatable bonds is 6. The molecule has 184 valence electrons. The van der Waals surface area contributed by atoms with E-state index in [1.165, 1.54) is 12.7 Å². The molecule has 0 fully saturated rings. The second-order valence-corrected chi connectivity index (χ2v) is 10.8. The Hall–Kier alpha value is -3.34. The summed E-state index contributed by atoms with van der Waals surface area (Å²) in [6.07, 6.45) is 3.07. The van der Waals surface area contributed by atoms with Gasteiger partial charge in [0, 0.05) is 29.5 Å². The summed E-state index contributed by atoms with van der Waals surface area (Å²) >= 11 is 10.0. The van der Waals surface area contributed by atoms with E-state index in [2.05, 4.69) is 71.7 Å². The molecule has 0 radical (unpaired) electrons. The summed E-state index contributed by atoms with van der Waals surface area (Å²) in [6.45, 7) is 0.863. The minimum atomic E-state index is 0.150. The average molecular weight is 652 g/mol. The van der Waals surface area contributed by atoms with E-state index >= 15 is 0 Å². The summed E-state index contributed by atoms with van der Waals surface area (Å²) in [7, 11) is 0. The van der Waals surface area contributed by atoms with Crippen molar-refractivity contribution in [3.8, 4) is 11.8 Å². The Labute approximate surface area is 227 Å². The predicted molar refractivity (Wildman–Crippen MR) is 145 cm³/mol. The van der Waals surface area contributed by atoms with Crippen LogP contribution in [0, 0.1) is 0 Å². The van der Waals surface area contributed by atoms with Crippen molar-refractivity contribution in [3.63, 3.8) is 0 Å². The number of ether oxygens (including phenoxy) is 2. The van der Waals surface area contributed by atoms with Gasteiger partial charge in [0.2, 0.25) is 23.7 Å². The predicted octanol–water partition coefficient (Wildman–Crippen LogP) is 4.68. The van der Waals surface area contributed by atoms with Gasteiger partial charge in [0.25, 0.3) is 0 Å². The Morgan fingerprint density at radius 3 is 1.56 bits per heavy atom. The maximum Gasteiger partial charge on any atom is 0.245 e. The van der Waals surface area contributed by atoms with Crippen LogP contribution >= 0.6 is 54.5 Å². The number of hydrogen-bond donors (Lipinski definition) is 4. The lowest BCUT2D eigenvalue weighted by Crippen LogP contribution is -2.01. The molecule has 0 spiro atoms. The van der Waals surface area contributed by atoms with E-state index in [1.807, 2.05) is 22.9 Å². The molecule has 0 saturated heterocycles. The molecular formula is C20H16Br2N10O2S2. The maximum atomic E-state index is 5.65. The molecule has 6 rings (SSSR count). The summed E-state index contributed by atoms with van der Waals surface area (Å²) in [6, 6.07) is 4.00. The molecule has 12 nitrogen and oxygen atoms in total. The van der Waals surface area contributed by atoms with Crippen molar-refractivity contribution in [1.29, 1.82) is 0 Å². The van der Waals surface area contributed by atoms with E-state index in [-0.39, 0.29) is 11.9 Å². The smallest absolute Gasteiger partial charge is 0.245 e. The zero-order valence-electron chi connectivity index (χ0n) is 18.1. The van der Waals surface area contributed by atoms with Crippen molar-refractivity contribution in [2.45, 2.75) is 13.2 Å². The van der Waals surface area contributed by atoms with E-state index in [9.17, 15) is 0 Å². The van der Waals surface area contributed by atoms with Gasteiger partial charge in [-0.15, -0.1) is 22.7 Å². The first-order valence-electron chi connectivity index (χ1n) is 10.1. The molecular weight excluding hydrogens is 636 g/mol. The number of fused-ring (bicyclic) bond motifs is 2. The molecule has 0 aromatic carbocycles. The Morgan fingerprint density at radius 1 is 0.722 bits per heavy atom. The second-order valence-electron chi connectivity index (χ2n) is 7.02. The number of nitrogens with zero attached hydrogens (tertiary/aromatic N) is 6. The van der Waals surface area contributed by atoms with Crippen molar-refractivity contribution < 1.29 is 9.47 Å². The van der Waals surface area contributed by atoms with E-state index in [1.54, 1.807) is 22.7 Å². The van der Waals surface area contributed by atoms with Crippen LogP contribution in [0.3, 0.4) is 0 Å². The number of aromatic nitrogens is 8. The van der Waals surface area contributed by atoms with Crippen molar-refractivity contribution in [1.82, 2.24) is 39.9 Å². The van der Waals surface area contributed by atoms with Crippen molar-refractivity contribution in [2.75, 3.05) is 11.5 Å². The van der Waals surface area contributed by atoms with Gasteiger partial charge in [-0.2, -0.15) is 19.9 Å². The van der Waals surface area contributed by atoms with E-state index in [0.29, 0.717) is 47.3 Å². The number of anilines is 2. The summed E-state index contributed by atoms with van der Waals surface area (Å²) in [5.41, 5.74) is 13.5. The third-order valence-corrected chi connectivity index (χ3v) is 7.83. The first kappa shape index (κ1) is 24.4. The Bertz CT molecular complexity index is 1510. The largest absolute Gasteiger partial charge is 0.470 e. The third-order valence-electron chi connectivity index (χ3n) is 4.49. The number of imidazole rings is 2. The highest BCUT2D eigenvalue weighted by Crippen LogP contribution is 2.25. The van der Waals surface area contributed by atoms with Crippen molar-refractivity contribution >= 4 is 88.8 Å². The van der Waals surface area contributed by atoms with Crippen LogP contribution in [0.25, 0.3) is 22.3 Å². The Balaban J connectivity index is 0.000000148. The number of H-pyrrole nitrogens is 2. The molecule has 0 unspecified atom stereocenters. The van der Waals surface area contributed by atoms with Gasteiger partial charge in [-0.05, 0) is 44.0 Å². The summed E-state index contributed by atoms with van der Waals surface area (Å²) in [5, 5.41) is 4.00. The molecule has 0 aliphatic carbocycles. The van der Waals surface area contributed by atoms with Crippen molar-refractivity contribution in [2.24, 2.45) is 0 Å². The summed E-state index contributed by atoms with van der Waals surface area (Å²) in [4.78, 5) is 32.2. The topological polar surface area (TPSA) is 179 Å². The van der Waals surface area contributed by atoms with Gasteiger partial charge < -0.3 is 30.9 Å². The molecule has 0 saturated carbocycles. The molecule has 0 aliphatic rings. The number of halogens is 2. The molecule has 6 N–H and O–H groups in total. The molecule has 0 bridgehead atoms. The van der Waals surface area contributed by atoms with Crippen LogP contribution in [-0.4, -0.2) is 39.9 Å². The van der Waals surface area contributed by atoms with Gasteiger partial charge in [0.15, 0.2) is 11.3 Å². The normalized spacial score (nSPS) is 10.9. The minimum absolute atomic E-state index is 0.150. The lowest BCUT2D eigenvalue weighted by Gasteiger charge is -2.04. The lowest BCUT2D eigenvalue weighted by atomic mass is 10.5. The van der Waals surface area contributed by atoms with Crippen LogP contribution in [-0.2, 0) is 13.2 Å². The number of nitrogen functional groups attached to an aromatic ring is 2. The summed E-state index contributed by atoms with van der Waals surface area (Å²) < 4.78 is 13.4. The zero-order valence-corrected chi connectivity index (χ0v) is 22.9. The molecule has 36 heavy (non-hydrogen) atoms. The van der Waals surface area contributed by atoms with Gasteiger partial charge in [0.05, 0.1) is 12.7 Å². The SMILES string of the molecule is Nc1nc(OCc2cc(Br)cs2)c2[nH]cnc2n1.Nc1nc(OCc2cc(Br)cs2)c2[nH]cnc2n1. The first-order valence-corrected chi connectivity index (χ1v) is 13.4. The first-order chi connectivity index (χ1) is 17.4. The fourth-order valence-corrected chi connectivity index (χ4v) is 5.72. The van der Waals surface area contributed by atoms with Crippen LogP contribution < -0.4 is 20.9 Å². The maximum absolute atomic E-state index is 5.65. The van der Waals surface area contributed by atoms with Gasteiger partial charge >= 0.3 is 0 Å². The van der Waals surface area contributed by atoms with Gasteiger partial charge in [0.1, 0.15) is 24.2 Å². The van der Waals surface area contributed by atoms with E-state index in [4.69, 9.17) is 20.9 Å². The minimum Gasteiger partial charge on any atom is -0.470 e. The lowest BCUT2D eigenvalue weighted by molar-refractivity contribution is 0.301. The summed E-state index contributed by atoms with van der Waals surface area (Å²) in [5.74, 6) is 1.13. The standard InChI is InChI=1S/2C10H8BrN5OS/c2*11-5-1-6(18-3-5)2-17-9-7-8(14-4-13-7)15-10(12)16-9/h2*1,3-4H,2H2,(H3,12,13,14,15,16). The van der Waals surface area contributed by atoms with Gasteiger partial charge in [-0.25, -0.2) is 9.97 Å². The molecule has 0 aliphatic heterocycles. The zero-order chi connectivity index (χ0) is 25.1. The van der Waals surface area contributed by atoms with Crippen LogP contribution in [0.15, 0.2) is 44.5 Å². The van der Waals surface area contributed by atoms with Crippen molar-refractivity contribution in [3.05, 3.63) is 54.2 Å². The molecule has 0 atom stereocenters. The monoisotopic (exact) mass is 650 g/mol. The molecule has 0 amide bonds. The van der Waals surface area contributed by atoms with E-state index < -0.39 is 0 Å². The highest BCUT2D eigenvalue weighted by molar-refractivity contribution is 9.10. The molecule has 6 heterocycles. The molecule has 6 aromatic heterocycles. The number of aromatic amines is 2. The number of nitrogens with two attached hydrogens (primary N) is 2. The van der Waals surface area contributed by atoms with Gasteiger partial charge in [-0.3, -0.25) is 0 Å². The highest BCUT2D eigenvalue weighted by Gasteiger charge is 2.11. The van der Waals surface area contributed by atoms with Crippen LogP contribution in [0.4, 0.5) is 11.9 Å². The van der Waals surface area contributed by atoms with E-state index in [0.717, 1.165) is 18.7 Å². The Kier molecular flexibility index (Phi) is 7.26. The van der Waals surface area contributed by atoms with Crippen LogP contribution in [0.1, 0.15) is 9.75 Å². The number of hydrogen-bond acceptors (Lipinski definition) is 12. The molecule has 16 heteroatoms. The van der Waals surface area contributed by atoms with Crippen LogP contribution in [0.5, 0.6) is 11.8 Å². The fraction of sp³-hybridized carbons (Fsp3) is 0.100. The van der Waals surface area contributed by atoms with Crippen LogP contribution in [0.2, 0.25) is 0 Å². The Morgan fingerprint density at radius 2 is 1.17 bits per heavy atom. The van der Waals surface area contributed by atoms with Gasteiger partial charge in [-0.1, -0.05) is 0 Å². The molecule has 6 aromatic rings.